The summed E-state index contributed by atoms with van der Waals surface area (Å²) in [7, 11) is 0. The number of piperazine rings is 1. The van der Waals surface area contributed by atoms with Crippen molar-refractivity contribution in [3.8, 4) is 0 Å². The fraction of sp³-hybridized carbons (Fsp3) is 0.875. The highest BCUT2D eigenvalue weighted by atomic mass is 16.2. The summed E-state index contributed by atoms with van der Waals surface area (Å²) in [6.45, 7) is 2.89. The molecule has 1 saturated heterocycles. The van der Waals surface area contributed by atoms with Crippen molar-refractivity contribution in [2.45, 2.75) is 31.8 Å². The second-order valence-electron chi connectivity index (χ2n) is 3.63. The third-order valence-corrected chi connectivity index (χ3v) is 2.42. The zero-order valence-corrected chi connectivity index (χ0v) is 6.76. The van der Waals surface area contributed by atoms with Crippen LogP contribution in [0, 0.1) is 5.92 Å². The molecule has 2 atom stereocenters. The third-order valence-electron chi connectivity index (χ3n) is 2.42. The molecule has 1 amide bonds. The van der Waals surface area contributed by atoms with Gasteiger partial charge in [0.25, 0.3) is 0 Å². The lowest BCUT2D eigenvalue weighted by atomic mass is 10.1. The number of amides is 1. The Kier molecular flexibility index (Phi) is 1.60. The van der Waals surface area contributed by atoms with E-state index in [2.05, 4.69) is 17.6 Å². The molecule has 2 fully saturated rings. The van der Waals surface area contributed by atoms with Crippen molar-refractivity contribution in [3.05, 3.63) is 0 Å². The van der Waals surface area contributed by atoms with Gasteiger partial charge in [0.05, 0.1) is 6.04 Å². The Morgan fingerprint density at radius 2 is 2.18 bits per heavy atom. The van der Waals surface area contributed by atoms with Gasteiger partial charge in [-0.05, 0) is 25.7 Å². The van der Waals surface area contributed by atoms with Gasteiger partial charge in [-0.25, -0.2) is 0 Å². The number of hydrogen-bond donors (Lipinski definition) is 2. The van der Waals surface area contributed by atoms with E-state index in [1.54, 1.807) is 0 Å². The molecule has 3 nitrogen and oxygen atoms in total. The van der Waals surface area contributed by atoms with Crippen molar-refractivity contribution in [1.29, 1.82) is 0 Å². The minimum Gasteiger partial charge on any atom is -0.353 e. The first-order valence-corrected chi connectivity index (χ1v) is 4.31. The number of rotatable bonds is 1. The summed E-state index contributed by atoms with van der Waals surface area (Å²) in [5.41, 5.74) is 0. The van der Waals surface area contributed by atoms with Gasteiger partial charge in [0.1, 0.15) is 0 Å². The second-order valence-corrected chi connectivity index (χ2v) is 3.63. The molecule has 1 saturated carbocycles. The molecule has 0 aromatic heterocycles. The standard InChI is InChI=1S/C8H14N2O/c1-5-4-9-8(11)7(10-5)6-2-3-6/h5-7,10H,2-4H2,1H3,(H,9,11). The maximum atomic E-state index is 11.2. The second kappa shape index (κ2) is 2.48. The summed E-state index contributed by atoms with van der Waals surface area (Å²) in [4.78, 5) is 11.2. The van der Waals surface area contributed by atoms with Crippen molar-refractivity contribution in [2.24, 2.45) is 5.92 Å². The van der Waals surface area contributed by atoms with E-state index in [9.17, 15) is 4.79 Å². The number of carbonyl (C=O) groups excluding carboxylic acids is 1. The van der Waals surface area contributed by atoms with Crippen molar-refractivity contribution < 1.29 is 4.79 Å². The zero-order valence-electron chi connectivity index (χ0n) is 6.76. The fourth-order valence-electron chi connectivity index (χ4n) is 1.58. The van der Waals surface area contributed by atoms with Gasteiger partial charge in [-0.3, -0.25) is 4.79 Å². The van der Waals surface area contributed by atoms with Crippen LogP contribution in [0.1, 0.15) is 19.8 Å². The number of carbonyl (C=O) groups is 1. The van der Waals surface area contributed by atoms with E-state index in [0.717, 1.165) is 6.54 Å². The summed E-state index contributed by atoms with van der Waals surface area (Å²) in [5, 5.41) is 6.22. The van der Waals surface area contributed by atoms with Crippen LogP contribution in [-0.4, -0.2) is 24.5 Å². The van der Waals surface area contributed by atoms with Gasteiger partial charge < -0.3 is 10.6 Å². The monoisotopic (exact) mass is 154 g/mol. The van der Waals surface area contributed by atoms with E-state index in [0.29, 0.717) is 12.0 Å². The molecule has 1 aliphatic carbocycles. The first-order valence-electron chi connectivity index (χ1n) is 4.31. The topological polar surface area (TPSA) is 41.1 Å². The van der Waals surface area contributed by atoms with Crippen LogP contribution >= 0.6 is 0 Å². The Hall–Kier alpha value is -0.570. The highest BCUT2D eigenvalue weighted by Crippen LogP contribution is 2.33. The predicted octanol–water partition coefficient (Wildman–Crippen LogP) is -0.127. The van der Waals surface area contributed by atoms with Crippen molar-refractivity contribution in [1.82, 2.24) is 10.6 Å². The molecule has 1 aliphatic heterocycles. The van der Waals surface area contributed by atoms with Crippen molar-refractivity contribution in [2.75, 3.05) is 6.54 Å². The van der Waals surface area contributed by atoms with Crippen LogP contribution in [0.4, 0.5) is 0 Å². The Bertz CT molecular complexity index is 177. The van der Waals surface area contributed by atoms with Gasteiger partial charge in [-0.15, -0.1) is 0 Å². The molecular weight excluding hydrogens is 140 g/mol. The van der Waals surface area contributed by atoms with Gasteiger partial charge >= 0.3 is 0 Å². The Morgan fingerprint density at radius 3 is 2.82 bits per heavy atom. The molecule has 2 aliphatic rings. The summed E-state index contributed by atoms with van der Waals surface area (Å²) >= 11 is 0. The molecule has 3 heteroatoms. The van der Waals surface area contributed by atoms with Crippen LogP contribution < -0.4 is 10.6 Å². The van der Waals surface area contributed by atoms with Gasteiger partial charge in [0.15, 0.2) is 0 Å². The SMILES string of the molecule is CC1CNC(=O)C(C2CC2)N1. The Morgan fingerprint density at radius 1 is 1.45 bits per heavy atom. The molecule has 0 bridgehead atoms. The first-order chi connectivity index (χ1) is 5.27. The number of nitrogens with one attached hydrogen (secondary N) is 2. The lowest BCUT2D eigenvalue weighted by Crippen LogP contribution is -2.58. The van der Waals surface area contributed by atoms with E-state index in [4.69, 9.17) is 0 Å². The normalized spacial score (nSPS) is 38.5. The average Bonchev–Trinajstić information content (AvgIpc) is 2.76. The smallest absolute Gasteiger partial charge is 0.237 e. The zero-order chi connectivity index (χ0) is 7.84. The summed E-state index contributed by atoms with van der Waals surface area (Å²) in [6, 6.07) is 0.553. The summed E-state index contributed by atoms with van der Waals surface area (Å²) in [5.74, 6) is 0.823. The lowest BCUT2D eigenvalue weighted by molar-refractivity contribution is -0.125. The molecule has 0 spiro atoms. The predicted molar refractivity (Wildman–Crippen MR) is 42.1 cm³/mol. The molecule has 1 heterocycles. The molecule has 2 rings (SSSR count). The van der Waals surface area contributed by atoms with Gasteiger partial charge in [-0.1, -0.05) is 0 Å². The van der Waals surface area contributed by atoms with E-state index >= 15 is 0 Å². The van der Waals surface area contributed by atoms with E-state index in [-0.39, 0.29) is 11.9 Å². The highest BCUT2D eigenvalue weighted by Gasteiger charge is 2.38. The maximum absolute atomic E-state index is 11.2. The van der Waals surface area contributed by atoms with Crippen LogP contribution in [0.2, 0.25) is 0 Å². The molecule has 2 unspecified atom stereocenters. The van der Waals surface area contributed by atoms with Gasteiger partial charge in [0, 0.05) is 12.6 Å². The van der Waals surface area contributed by atoms with Gasteiger partial charge in [-0.2, -0.15) is 0 Å². The molecule has 0 radical (unpaired) electrons. The highest BCUT2D eigenvalue weighted by molar-refractivity contribution is 5.83. The quantitative estimate of drug-likeness (QED) is 0.552. The molecule has 0 aromatic carbocycles. The molecular formula is C8H14N2O. The third kappa shape index (κ3) is 1.38. The van der Waals surface area contributed by atoms with E-state index in [1.165, 1.54) is 12.8 Å². The molecule has 62 valence electrons. The van der Waals surface area contributed by atoms with Crippen molar-refractivity contribution >= 4 is 5.91 Å². The first kappa shape index (κ1) is 7.10. The lowest BCUT2D eigenvalue weighted by Gasteiger charge is -2.28. The molecule has 2 N–H and O–H groups in total. The Balaban J connectivity index is 1.98. The number of hydrogen-bond acceptors (Lipinski definition) is 2. The van der Waals surface area contributed by atoms with Crippen molar-refractivity contribution in [3.63, 3.8) is 0 Å². The fourth-order valence-corrected chi connectivity index (χ4v) is 1.58. The van der Waals surface area contributed by atoms with Crippen LogP contribution in [0.5, 0.6) is 0 Å². The van der Waals surface area contributed by atoms with E-state index in [1.807, 2.05) is 0 Å². The van der Waals surface area contributed by atoms with E-state index < -0.39 is 0 Å². The van der Waals surface area contributed by atoms with Gasteiger partial charge in [0.2, 0.25) is 5.91 Å². The minimum absolute atomic E-state index is 0.110. The maximum Gasteiger partial charge on any atom is 0.237 e. The van der Waals surface area contributed by atoms with Crippen LogP contribution in [0.15, 0.2) is 0 Å². The molecule has 0 aromatic rings. The Labute approximate surface area is 66.5 Å². The molecule has 11 heavy (non-hydrogen) atoms. The van der Waals surface area contributed by atoms with Crippen LogP contribution in [0.25, 0.3) is 0 Å². The van der Waals surface area contributed by atoms with Crippen LogP contribution in [-0.2, 0) is 4.79 Å². The average molecular weight is 154 g/mol. The summed E-state index contributed by atoms with van der Waals surface area (Å²) < 4.78 is 0. The minimum atomic E-state index is 0.110. The largest absolute Gasteiger partial charge is 0.353 e. The van der Waals surface area contributed by atoms with Crippen LogP contribution in [0.3, 0.4) is 0 Å². The summed E-state index contributed by atoms with van der Waals surface area (Å²) in [6.07, 6.45) is 2.44.